The Morgan fingerprint density at radius 1 is 1.03 bits per heavy atom. The van der Waals surface area contributed by atoms with E-state index in [-0.39, 0.29) is 16.8 Å². The molecule has 4 aromatic rings. The third kappa shape index (κ3) is 3.59. The van der Waals surface area contributed by atoms with Crippen LogP contribution in [0.5, 0.6) is 5.75 Å². The number of nitrogens with zero attached hydrogens (tertiary/aromatic N) is 2. The normalized spacial score (nSPS) is 21.4. The number of fused-ring (bicyclic) bond motifs is 2. The first kappa shape index (κ1) is 24.1. The molecule has 3 N–H and O–H groups in total. The summed E-state index contributed by atoms with van der Waals surface area (Å²) in [6.45, 7) is 2.84. The first-order chi connectivity index (χ1) is 16.8. The fourth-order valence-electron chi connectivity index (χ4n) is 5.24. The molecule has 5 nitrogen and oxygen atoms in total. The largest absolute Gasteiger partial charge is 0.505 e. The predicted molar refractivity (Wildman–Crippen MR) is 124 cm³/mol. The van der Waals surface area contributed by atoms with Crippen molar-refractivity contribution in [3.8, 4) is 11.4 Å². The highest BCUT2D eigenvalue weighted by Crippen LogP contribution is 2.56. The van der Waals surface area contributed by atoms with E-state index >= 15 is 0 Å². The third-order valence-corrected chi connectivity index (χ3v) is 6.81. The molecule has 0 radical (unpaired) electrons. The second kappa shape index (κ2) is 7.92. The molecule has 2 atom stereocenters. The van der Waals surface area contributed by atoms with Crippen molar-refractivity contribution in [3.05, 3.63) is 83.6 Å². The number of phenols is 1. The van der Waals surface area contributed by atoms with E-state index in [9.17, 15) is 32.2 Å². The number of phenolic OH excluding ortho intramolecular Hbond substituents is 1. The fourth-order valence-corrected chi connectivity index (χ4v) is 5.24. The summed E-state index contributed by atoms with van der Waals surface area (Å²) in [5, 5.41) is 29.2. The Hall–Kier alpha value is -3.66. The van der Waals surface area contributed by atoms with Crippen LogP contribution in [0.2, 0.25) is 0 Å². The zero-order valence-electron chi connectivity index (χ0n) is 19.2. The number of aliphatic hydroxyl groups is 1. The van der Waals surface area contributed by atoms with Gasteiger partial charge >= 0.3 is 6.18 Å². The SMILES string of the molecule is CC1(C)C[C@](O)(C(F)(F)F)[C@@H](Nc2cccc3c2cnn3-c2ccc(F)cc2)c2ccc(F)c(O)c21. The number of aromatic hydroxyl groups is 1. The van der Waals surface area contributed by atoms with E-state index in [0.29, 0.717) is 16.6 Å². The lowest BCUT2D eigenvalue weighted by Gasteiger charge is -2.49. The number of aromatic nitrogens is 2. The van der Waals surface area contributed by atoms with Gasteiger partial charge in [0.25, 0.3) is 0 Å². The van der Waals surface area contributed by atoms with Gasteiger partial charge in [-0.15, -0.1) is 0 Å². The molecule has 5 rings (SSSR count). The van der Waals surface area contributed by atoms with Gasteiger partial charge in [0.2, 0.25) is 0 Å². The molecule has 1 aliphatic carbocycles. The molecule has 0 unspecified atom stereocenters. The molecule has 10 heteroatoms. The van der Waals surface area contributed by atoms with E-state index in [1.807, 2.05) is 0 Å². The lowest BCUT2D eigenvalue weighted by Crippen LogP contribution is -2.58. The second-order valence-corrected chi connectivity index (χ2v) is 9.69. The molecule has 0 fully saturated rings. The molecule has 0 saturated heterocycles. The van der Waals surface area contributed by atoms with E-state index in [2.05, 4.69) is 10.4 Å². The summed E-state index contributed by atoms with van der Waals surface area (Å²) in [5.41, 5.74) is -3.37. The van der Waals surface area contributed by atoms with E-state index in [1.54, 1.807) is 18.2 Å². The fraction of sp³-hybridized carbons (Fsp3) is 0.269. The number of hydrogen-bond acceptors (Lipinski definition) is 4. The Bertz CT molecular complexity index is 1460. The maximum atomic E-state index is 14.4. The van der Waals surface area contributed by atoms with Crippen LogP contribution in [0, 0.1) is 11.6 Å². The molecule has 0 spiro atoms. The molecule has 3 aromatic carbocycles. The molecular formula is C26H22F5N3O2. The van der Waals surface area contributed by atoms with Crippen molar-refractivity contribution in [2.24, 2.45) is 0 Å². The predicted octanol–water partition coefficient (Wildman–Crippen LogP) is 6.14. The molecule has 1 aromatic heterocycles. The summed E-state index contributed by atoms with van der Waals surface area (Å²) in [6.07, 6.45) is -4.41. The van der Waals surface area contributed by atoms with Gasteiger partial charge in [0.1, 0.15) is 5.82 Å². The lowest BCUT2D eigenvalue weighted by molar-refractivity contribution is -0.276. The molecule has 1 aliphatic rings. The summed E-state index contributed by atoms with van der Waals surface area (Å²) >= 11 is 0. The van der Waals surface area contributed by atoms with Crippen LogP contribution >= 0.6 is 0 Å². The Morgan fingerprint density at radius 3 is 2.39 bits per heavy atom. The maximum Gasteiger partial charge on any atom is 0.419 e. The number of hydrogen-bond donors (Lipinski definition) is 3. The third-order valence-electron chi connectivity index (χ3n) is 6.81. The number of nitrogens with one attached hydrogen (secondary N) is 1. The highest BCUT2D eigenvalue weighted by molar-refractivity contribution is 5.92. The van der Waals surface area contributed by atoms with E-state index in [1.165, 1.54) is 49.0 Å². The van der Waals surface area contributed by atoms with Crippen molar-refractivity contribution in [1.29, 1.82) is 0 Å². The highest BCUT2D eigenvalue weighted by atomic mass is 19.4. The average molecular weight is 503 g/mol. The van der Waals surface area contributed by atoms with E-state index < -0.39 is 47.0 Å². The van der Waals surface area contributed by atoms with Crippen LogP contribution < -0.4 is 5.32 Å². The molecular weight excluding hydrogens is 481 g/mol. The van der Waals surface area contributed by atoms with Crippen LogP contribution in [0.4, 0.5) is 27.6 Å². The number of rotatable bonds is 3. The molecule has 1 heterocycles. The Kier molecular flexibility index (Phi) is 5.29. The van der Waals surface area contributed by atoms with Gasteiger partial charge < -0.3 is 15.5 Å². The van der Waals surface area contributed by atoms with Crippen molar-refractivity contribution in [1.82, 2.24) is 9.78 Å². The summed E-state index contributed by atoms with van der Waals surface area (Å²) in [7, 11) is 0. The summed E-state index contributed by atoms with van der Waals surface area (Å²) in [5.74, 6) is -2.13. The quantitative estimate of drug-likeness (QED) is 0.294. The number of halogens is 5. The monoisotopic (exact) mass is 503 g/mol. The number of anilines is 1. The van der Waals surface area contributed by atoms with Gasteiger partial charge in [-0.05, 0) is 59.9 Å². The zero-order chi connectivity index (χ0) is 26.0. The Labute approximate surface area is 202 Å². The number of alkyl halides is 3. The minimum absolute atomic E-state index is 0.00288. The Morgan fingerprint density at radius 2 is 1.72 bits per heavy atom. The van der Waals surface area contributed by atoms with E-state index in [4.69, 9.17) is 0 Å². The first-order valence-corrected chi connectivity index (χ1v) is 11.1. The standard InChI is InChI=1S/C26H22F5N3O2/c1-24(2)13-25(36,26(29,30)31)23(16-10-11-18(28)22(35)21(16)24)33-19-4-3-5-20-17(19)12-32-34(20)15-8-6-14(27)7-9-15/h3-12,23,33,35-36H,13H2,1-2H3/t23-,25+/m0/s1. The van der Waals surface area contributed by atoms with Gasteiger partial charge in [0.15, 0.2) is 17.2 Å². The lowest BCUT2D eigenvalue weighted by atomic mass is 9.63. The molecule has 0 bridgehead atoms. The molecule has 0 aliphatic heterocycles. The molecule has 36 heavy (non-hydrogen) atoms. The topological polar surface area (TPSA) is 70.3 Å². The van der Waals surface area contributed by atoms with Gasteiger partial charge in [-0.25, -0.2) is 13.5 Å². The van der Waals surface area contributed by atoms with Gasteiger partial charge in [-0.1, -0.05) is 26.0 Å². The van der Waals surface area contributed by atoms with Gasteiger partial charge in [-0.3, -0.25) is 0 Å². The second-order valence-electron chi connectivity index (χ2n) is 9.69. The smallest absolute Gasteiger partial charge is 0.419 e. The van der Waals surface area contributed by atoms with Crippen LogP contribution in [0.3, 0.4) is 0 Å². The first-order valence-electron chi connectivity index (χ1n) is 11.1. The van der Waals surface area contributed by atoms with E-state index in [0.717, 1.165) is 12.1 Å². The van der Waals surface area contributed by atoms with Crippen LogP contribution in [0.25, 0.3) is 16.6 Å². The van der Waals surface area contributed by atoms with Crippen molar-refractivity contribution < 1.29 is 32.2 Å². The summed E-state index contributed by atoms with van der Waals surface area (Å²) in [6, 6.07) is 10.7. The van der Waals surface area contributed by atoms with Gasteiger partial charge in [0, 0.05) is 16.6 Å². The summed E-state index contributed by atoms with van der Waals surface area (Å²) < 4.78 is 72.3. The van der Waals surface area contributed by atoms with Crippen molar-refractivity contribution in [2.75, 3.05) is 5.32 Å². The zero-order valence-corrected chi connectivity index (χ0v) is 19.2. The average Bonchev–Trinajstić information content (AvgIpc) is 3.23. The minimum atomic E-state index is -5.05. The van der Waals surface area contributed by atoms with Crippen molar-refractivity contribution >= 4 is 16.6 Å². The highest BCUT2D eigenvalue weighted by Gasteiger charge is 2.64. The minimum Gasteiger partial charge on any atom is -0.505 e. The van der Waals surface area contributed by atoms with Crippen LogP contribution in [0.1, 0.15) is 37.4 Å². The van der Waals surface area contributed by atoms with Gasteiger partial charge in [-0.2, -0.15) is 18.3 Å². The molecule has 0 saturated carbocycles. The molecule has 188 valence electrons. The summed E-state index contributed by atoms with van der Waals surface area (Å²) in [4.78, 5) is 0. The van der Waals surface area contributed by atoms with Crippen LogP contribution in [0.15, 0.2) is 60.8 Å². The molecule has 0 amide bonds. The van der Waals surface area contributed by atoms with Gasteiger partial charge in [0.05, 0.1) is 23.4 Å². The van der Waals surface area contributed by atoms with Crippen LogP contribution in [-0.2, 0) is 5.41 Å². The number of benzene rings is 3. The Balaban J connectivity index is 1.67. The van der Waals surface area contributed by atoms with Crippen molar-refractivity contribution in [2.45, 2.75) is 43.5 Å². The van der Waals surface area contributed by atoms with Crippen LogP contribution in [-0.4, -0.2) is 31.8 Å². The maximum absolute atomic E-state index is 14.4. The van der Waals surface area contributed by atoms with Crippen molar-refractivity contribution in [3.63, 3.8) is 0 Å².